The minimum atomic E-state index is -0.154. The van der Waals surface area contributed by atoms with Crippen molar-refractivity contribution in [3.63, 3.8) is 0 Å². The van der Waals surface area contributed by atoms with Crippen molar-refractivity contribution in [1.29, 1.82) is 0 Å². The third-order valence-electron chi connectivity index (χ3n) is 2.97. The number of halogens is 2. The van der Waals surface area contributed by atoms with Crippen LogP contribution in [-0.2, 0) is 4.79 Å². The van der Waals surface area contributed by atoms with Gasteiger partial charge in [0.15, 0.2) is 0 Å². The number of nitrogens with zero attached hydrogens (tertiary/aromatic N) is 2. The molecule has 0 atom stereocenters. The molecular formula is C16H11BrClN3O2S. The number of hydrogen-bond donors (Lipinski definition) is 1. The molecule has 2 aromatic carbocycles. The van der Waals surface area contributed by atoms with Crippen LogP contribution in [0, 0.1) is 0 Å². The van der Waals surface area contributed by atoms with Crippen molar-refractivity contribution in [3.8, 4) is 11.5 Å². The summed E-state index contributed by atoms with van der Waals surface area (Å²) in [6.45, 7) is 0. The van der Waals surface area contributed by atoms with Gasteiger partial charge in [-0.25, -0.2) is 0 Å². The van der Waals surface area contributed by atoms with Gasteiger partial charge >= 0.3 is 0 Å². The summed E-state index contributed by atoms with van der Waals surface area (Å²) in [5.41, 5.74) is 1.49. The van der Waals surface area contributed by atoms with E-state index in [2.05, 4.69) is 31.4 Å². The molecule has 0 fully saturated rings. The number of benzene rings is 2. The number of aromatic nitrogens is 2. The maximum atomic E-state index is 12.0. The SMILES string of the molecule is O=C(CSc1nnc(-c2ccc(Cl)cc2)o1)Nc1ccccc1Br. The van der Waals surface area contributed by atoms with Crippen LogP contribution in [0.5, 0.6) is 0 Å². The van der Waals surface area contributed by atoms with Gasteiger partial charge in [-0.05, 0) is 52.3 Å². The third-order valence-corrected chi connectivity index (χ3v) is 4.73. The first-order valence-corrected chi connectivity index (χ1v) is 9.04. The lowest BCUT2D eigenvalue weighted by Gasteiger charge is -2.05. The number of nitrogens with one attached hydrogen (secondary N) is 1. The monoisotopic (exact) mass is 423 g/mol. The first kappa shape index (κ1) is 17.0. The lowest BCUT2D eigenvalue weighted by Crippen LogP contribution is -2.14. The van der Waals surface area contributed by atoms with Gasteiger partial charge in [-0.3, -0.25) is 4.79 Å². The molecule has 5 nitrogen and oxygen atoms in total. The summed E-state index contributed by atoms with van der Waals surface area (Å²) in [6, 6.07) is 14.5. The van der Waals surface area contributed by atoms with Crippen LogP contribution < -0.4 is 5.32 Å². The van der Waals surface area contributed by atoms with Crippen LogP contribution in [0.15, 0.2) is 62.6 Å². The van der Waals surface area contributed by atoms with E-state index in [1.165, 1.54) is 11.8 Å². The van der Waals surface area contributed by atoms with Crippen molar-refractivity contribution < 1.29 is 9.21 Å². The molecule has 1 aromatic heterocycles. The van der Waals surface area contributed by atoms with Gasteiger partial charge in [0.25, 0.3) is 5.22 Å². The second-order valence-corrected chi connectivity index (χ2v) is 6.91. The molecule has 3 aromatic rings. The Balaban J connectivity index is 1.58. The first-order valence-electron chi connectivity index (χ1n) is 6.88. The third kappa shape index (κ3) is 4.37. The summed E-state index contributed by atoms with van der Waals surface area (Å²) in [4.78, 5) is 12.0. The second-order valence-electron chi connectivity index (χ2n) is 4.70. The Morgan fingerprint density at radius 2 is 1.92 bits per heavy atom. The van der Waals surface area contributed by atoms with Crippen LogP contribution in [0.25, 0.3) is 11.5 Å². The zero-order chi connectivity index (χ0) is 16.9. The van der Waals surface area contributed by atoms with Gasteiger partial charge in [-0.15, -0.1) is 10.2 Å². The molecule has 24 heavy (non-hydrogen) atoms. The van der Waals surface area contributed by atoms with Crippen LogP contribution in [0.1, 0.15) is 0 Å². The fourth-order valence-electron chi connectivity index (χ4n) is 1.85. The predicted molar refractivity (Wildman–Crippen MR) is 98.2 cm³/mol. The fraction of sp³-hybridized carbons (Fsp3) is 0.0625. The molecule has 1 amide bonds. The standard InChI is InChI=1S/C16H11BrClN3O2S/c17-12-3-1-2-4-13(12)19-14(22)9-24-16-21-20-15(23-16)10-5-7-11(18)8-6-10/h1-8H,9H2,(H,19,22). The number of thioether (sulfide) groups is 1. The zero-order valence-corrected chi connectivity index (χ0v) is 15.4. The minimum absolute atomic E-state index is 0.154. The van der Waals surface area contributed by atoms with Crippen LogP contribution in [0.3, 0.4) is 0 Å². The minimum Gasteiger partial charge on any atom is -0.411 e. The van der Waals surface area contributed by atoms with E-state index in [1.54, 1.807) is 24.3 Å². The van der Waals surface area contributed by atoms with Gasteiger partial charge in [-0.1, -0.05) is 35.5 Å². The van der Waals surface area contributed by atoms with Crippen LogP contribution >= 0.6 is 39.3 Å². The quantitative estimate of drug-likeness (QED) is 0.591. The average Bonchev–Trinajstić information content (AvgIpc) is 3.05. The van der Waals surface area contributed by atoms with Crippen LogP contribution in [0.4, 0.5) is 5.69 Å². The number of para-hydroxylation sites is 1. The van der Waals surface area contributed by atoms with E-state index in [0.29, 0.717) is 16.1 Å². The summed E-state index contributed by atoms with van der Waals surface area (Å²) >= 11 is 10.4. The number of rotatable bonds is 5. The Hall–Kier alpha value is -1.83. The van der Waals surface area contributed by atoms with Crippen molar-refractivity contribution in [2.75, 3.05) is 11.1 Å². The summed E-state index contributed by atoms with van der Waals surface area (Å²) < 4.78 is 6.37. The highest BCUT2D eigenvalue weighted by atomic mass is 79.9. The Morgan fingerprint density at radius 3 is 2.67 bits per heavy atom. The molecule has 0 bridgehead atoms. The molecule has 0 saturated heterocycles. The Kier molecular flexibility index (Phi) is 5.55. The van der Waals surface area contributed by atoms with Gasteiger partial charge in [0.1, 0.15) is 0 Å². The van der Waals surface area contributed by atoms with Crippen molar-refractivity contribution in [3.05, 3.63) is 58.0 Å². The molecule has 1 N–H and O–H groups in total. The molecule has 122 valence electrons. The highest BCUT2D eigenvalue weighted by molar-refractivity contribution is 9.10. The molecule has 8 heteroatoms. The van der Waals surface area contributed by atoms with Crippen molar-refractivity contribution >= 4 is 50.9 Å². The molecule has 0 spiro atoms. The van der Waals surface area contributed by atoms with E-state index >= 15 is 0 Å². The highest BCUT2D eigenvalue weighted by Crippen LogP contribution is 2.25. The van der Waals surface area contributed by atoms with Gasteiger partial charge in [0.05, 0.1) is 11.4 Å². The van der Waals surface area contributed by atoms with Gasteiger partial charge in [0, 0.05) is 15.1 Å². The molecule has 0 aliphatic rings. The molecule has 3 rings (SSSR count). The zero-order valence-electron chi connectivity index (χ0n) is 12.2. The molecule has 0 aliphatic carbocycles. The number of hydrogen-bond acceptors (Lipinski definition) is 5. The first-order chi connectivity index (χ1) is 11.6. The van der Waals surface area contributed by atoms with E-state index in [9.17, 15) is 4.79 Å². The van der Waals surface area contributed by atoms with E-state index in [4.69, 9.17) is 16.0 Å². The van der Waals surface area contributed by atoms with Crippen LogP contribution in [0.2, 0.25) is 5.02 Å². The number of amides is 1. The lowest BCUT2D eigenvalue weighted by atomic mass is 10.2. The number of carbonyl (C=O) groups excluding carboxylic acids is 1. The van der Waals surface area contributed by atoms with Crippen molar-refractivity contribution in [1.82, 2.24) is 10.2 Å². The molecule has 0 aliphatic heterocycles. The highest BCUT2D eigenvalue weighted by Gasteiger charge is 2.12. The Bertz CT molecular complexity index is 855. The number of carbonyl (C=O) groups is 1. The van der Waals surface area contributed by atoms with Gasteiger partial charge < -0.3 is 9.73 Å². The topological polar surface area (TPSA) is 68.0 Å². The summed E-state index contributed by atoms with van der Waals surface area (Å²) in [5, 5.41) is 11.7. The molecule has 1 heterocycles. The maximum Gasteiger partial charge on any atom is 0.277 e. The molecular weight excluding hydrogens is 414 g/mol. The average molecular weight is 425 g/mol. The normalized spacial score (nSPS) is 10.6. The summed E-state index contributed by atoms with van der Waals surface area (Å²) in [7, 11) is 0. The largest absolute Gasteiger partial charge is 0.411 e. The van der Waals surface area contributed by atoms with E-state index in [0.717, 1.165) is 15.7 Å². The van der Waals surface area contributed by atoms with E-state index in [1.807, 2.05) is 24.3 Å². The molecule has 0 saturated carbocycles. The molecule has 0 unspecified atom stereocenters. The van der Waals surface area contributed by atoms with Gasteiger partial charge in [-0.2, -0.15) is 0 Å². The fourth-order valence-corrected chi connectivity index (χ4v) is 2.93. The van der Waals surface area contributed by atoms with E-state index in [-0.39, 0.29) is 11.7 Å². The Labute approximate surface area is 155 Å². The second kappa shape index (κ2) is 7.83. The number of anilines is 1. The lowest BCUT2D eigenvalue weighted by molar-refractivity contribution is -0.113. The van der Waals surface area contributed by atoms with E-state index < -0.39 is 0 Å². The van der Waals surface area contributed by atoms with Crippen molar-refractivity contribution in [2.24, 2.45) is 0 Å². The molecule has 0 radical (unpaired) electrons. The summed E-state index contributed by atoms with van der Waals surface area (Å²) in [6.07, 6.45) is 0. The smallest absolute Gasteiger partial charge is 0.277 e. The van der Waals surface area contributed by atoms with Gasteiger partial charge in [0.2, 0.25) is 11.8 Å². The van der Waals surface area contributed by atoms with Crippen LogP contribution in [-0.4, -0.2) is 21.9 Å². The predicted octanol–water partition coefficient (Wildman–Crippen LogP) is 4.88. The van der Waals surface area contributed by atoms with Crippen molar-refractivity contribution in [2.45, 2.75) is 5.22 Å². The Morgan fingerprint density at radius 1 is 1.17 bits per heavy atom. The maximum absolute atomic E-state index is 12.0. The summed E-state index contributed by atoms with van der Waals surface area (Å²) in [5.74, 6) is 0.405.